The van der Waals surface area contributed by atoms with E-state index in [1.165, 1.54) is 11.3 Å². The average Bonchev–Trinajstić information content (AvgIpc) is 2.91. The quantitative estimate of drug-likeness (QED) is 0.857. The molecule has 2 aromatic rings. The summed E-state index contributed by atoms with van der Waals surface area (Å²) in [6, 6.07) is 8.67. The fourth-order valence-corrected chi connectivity index (χ4v) is 5.21. The van der Waals surface area contributed by atoms with Crippen LogP contribution in [0, 0.1) is 13.8 Å². The monoisotopic (exact) mass is 385 g/mol. The number of benzene rings is 1. The normalized spacial score (nSPS) is 25.0. The van der Waals surface area contributed by atoms with Crippen molar-refractivity contribution in [2.24, 2.45) is 0 Å². The highest BCUT2D eigenvalue weighted by Crippen LogP contribution is 2.39. The van der Waals surface area contributed by atoms with E-state index in [0.717, 1.165) is 52.6 Å². The van der Waals surface area contributed by atoms with Crippen LogP contribution in [0.15, 0.2) is 24.3 Å². The standard InChI is InChI=1S/C21H27N3O2S/c1-14-19(27-15(2)23-14)20(25)24-12-16-6-4-5-7-18(16)26-21(13-24)10-8-17(22-3)9-11-21/h4-7,17,22H,8-13H2,1-3H3. The Morgan fingerprint density at radius 3 is 2.70 bits per heavy atom. The highest BCUT2D eigenvalue weighted by Gasteiger charge is 2.42. The highest BCUT2D eigenvalue weighted by atomic mass is 32.1. The minimum Gasteiger partial charge on any atom is -0.485 e. The molecular weight excluding hydrogens is 358 g/mol. The summed E-state index contributed by atoms with van der Waals surface area (Å²) in [5.41, 5.74) is 1.61. The zero-order valence-electron chi connectivity index (χ0n) is 16.2. The highest BCUT2D eigenvalue weighted by molar-refractivity contribution is 7.13. The van der Waals surface area contributed by atoms with Gasteiger partial charge in [0.15, 0.2) is 0 Å². The van der Waals surface area contributed by atoms with Crippen LogP contribution in [-0.4, -0.2) is 41.0 Å². The Balaban J connectivity index is 1.67. The zero-order valence-corrected chi connectivity index (χ0v) is 17.1. The summed E-state index contributed by atoms with van der Waals surface area (Å²) in [6.07, 6.45) is 4.05. The van der Waals surface area contributed by atoms with Crippen LogP contribution in [0.5, 0.6) is 5.75 Å². The molecule has 1 spiro atoms. The summed E-state index contributed by atoms with van der Waals surface area (Å²) >= 11 is 1.49. The van der Waals surface area contributed by atoms with Crippen molar-refractivity contribution in [3.8, 4) is 5.75 Å². The van der Waals surface area contributed by atoms with E-state index in [9.17, 15) is 4.79 Å². The number of amides is 1. The van der Waals surface area contributed by atoms with Gasteiger partial charge < -0.3 is 15.0 Å². The topological polar surface area (TPSA) is 54.5 Å². The molecule has 2 heterocycles. The molecule has 4 rings (SSSR count). The first-order chi connectivity index (χ1) is 13.0. The molecule has 0 radical (unpaired) electrons. The van der Waals surface area contributed by atoms with Gasteiger partial charge in [-0.2, -0.15) is 0 Å². The Bertz CT molecular complexity index is 840. The molecule has 1 amide bonds. The summed E-state index contributed by atoms with van der Waals surface area (Å²) in [5, 5.41) is 4.32. The lowest BCUT2D eigenvalue weighted by Crippen LogP contribution is -2.51. The van der Waals surface area contributed by atoms with E-state index in [2.05, 4.69) is 16.4 Å². The number of para-hydroxylation sites is 1. The number of hydrogen-bond acceptors (Lipinski definition) is 5. The van der Waals surface area contributed by atoms with Gasteiger partial charge in [0.2, 0.25) is 0 Å². The minimum absolute atomic E-state index is 0.0773. The largest absolute Gasteiger partial charge is 0.485 e. The molecule has 1 aromatic carbocycles. The van der Waals surface area contributed by atoms with Crippen molar-refractivity contribution >= 4 is 17.2 Å². The number of nitrogens with zero attached hydrogens (tertiary/aromatic N) is 2. The van der Waals surface area contributed by atoms with Gasteiger partial charge in [0.1, 0.15) is 16.2 Å². The smallest absolute Gasteiger partial charge is 0.266 e. The van der Waals surface area contributed by atoms with E-state index in [1.807, 2.05) is 44.0 Å². The molecule has 1 aromatic heterocycles. The number of hydrogen-bond donors (Lipinski definition) is 1. The van der Waals surface area contributed by atoms with Crippen molar-refractivity contribution in [2.45, 2.75) is 57.7 Å². The van der Waals surface area contributed by atoms with Crippen LogP contribution in [0.25, 0.3) is 0 Å². The summed E-state index contributed by atoms with van der Waals surface area (Å²) < 4.78 is 6.60. The molecule has 1 aliphatic heterocycles. The van der Waals surface area contributed by atoms with Crippen LogP contribution < -0.4 is 10.1 Å². The van der Waals surface area contributed by atoms with Crippen molar-refractivity contribution in [1.82, 2.24) is 15.2 Å². The minimum atomic E-state index is -0.302. The third-order valence-electron chi connectivity index (χ3n) is 5.83. The fraction of sp³-hybridized carbons (Fsp3) is 0.524. The first kappa shape index (κ1) is 18.4. The molecule has 6 heteroatoms. The van der Waals surface area contributed by atoms with E-state index < -0.39 is 0 Å². The van der Waals surface area contributed by atoms with Gasteiger partial charge in [0.05, 0.1) is 17.2 Å². The van der Waals surface area contributed by atoms with Crippen molar-refractivity contribution in [3.63, 3.8) is 0 Å². The second-order valence-electron chi connectivity index (χ2n) is 7.76. The Kier molecular flexibility index (Phi) is 4.95. The van der Waals surface area contributed by atoms with Gasteiger partial charge in [-0.3, -0.25) is 4.79 Å². The molecule has 144 valence electrons. The van der Waals surface area contributed by atoms with Gasteiger partial charge in [-0.05, 0) is 52.6 Å². The molecule has 5 nitrogen and oxygen atoms in total. The number of thiazole rings is 1. The number of carbonyl (C=O) groups is 1. The van der Waals surface area contributed by atoms with Crippen LogP contribution in [0.3, 0.4) is 0 Å². The van der Waals surface area contributed by atoms with Gasteiger partial charge in [-0.15, -0.1) is 11.3 Å². The molecule has 1 N–H and O–H groups in total. The van der Waals surface area contributed by atoms with E-state index in [4.69, 9.17) is 4.74 Å². The molecule has 2 aliphatic rings. The maximum absolute atomic E-state index is 13.4. The fourth-order valence-electron chi connectivity index (χ4n) is 4.32. The van der Waals surface area contributed by atoms with Gasteiger partial charge in [-0.25, -0.2) is 4.98 Å². The van der Waals surface area contributed by atoms with E-state index in [0.29, 0.717) is 19.1 Å². The molecule has 27 heavy (non-hydrogen) atoms. The zero-order chi connectivity index (χ0) is 19.0. The predicted octanol–water partition coefficient (Wildman–Crippen LogP) is 3.70. The molecule has 0 atom stereocenters. The lowest BCUT2D eigenvalue weighted by Gasteiger charge is -2.41. The van der Waals surface area contributed by atoms with Crippen LogP contribution in [0.2, 0.25) is 0 Å². The predicted molar refractivity (Wildman–Crippen MR) is 107 cm³/mol. The first-order valence-corrected chi connectivity index (χ1v) is 10.5. The Hall–Kier alpha value is -1.92. The van der Waals surface area contributed by atoms with Gasteiger partial charge in [-0.1, -0.05) is 18.2 Å². The number of aryl methyl sites for hydroxylation is 2. The maximum Gasteiger partial charge on any atom is 0.266 e. The third kappa shape index (κ3) is 3.60. The first-order valence-electron chi connectivity index (χ1n) is 9.67. The second kappa shape index (κ2) is 7.24. The lowest BCUT2D eigenvalue weighted by molar-refractivity contribution is 0.000534. The molecule has 0 unspecified atom stereocenters. The SMILES string of the molecule is CNC1CCC2(CC1)CN(C(=O)c1sc(C)nc1C)Cc1ccccc1O2. The van der Waals surface area contributed by atoms with Gasteiger partial charge >= 0.3 is 0 Å². The number of aromatic nitrogens is 1. The van der Waals surface area contributed by atoms with E-state index in [1.54, 1.807) is 0 Å². The lowest BCUT2D eigenvalue weighted by atomic mass is 9.81. The maximum atomic E-state index is 13.4. The number of fused-ring (bicyclic) bond motifs is 1. The molecule has 0 saturated heterocycles. The Labute approximate surface area is 164 Å². The van der Waals surface area contributed by atoms with Gasteiger partial charge in [0.25, 0.3) is 5.91 Å². The molecule has 1 fully saturated rings. The number of nitrogens with one attached hydrogen (secondary N) is 1. The molecular formula is C21H27N3O2S. The molecule has 1 saturated carbocycles. The van der Waals surface area contributed by atoms with Crippen molar-refractivity contribution in [1.29, 1.82) is 0 Å². The molecule has 1 aliphatic carbocycles. The van der Waals surface area contributed by atoms with Gasteiger partial charge in [0, 0.05) is 18.2 Å². The van der Waals surface area contributed by atoms with Crippen LogP contribution >= 0.6 is 11.3 Å². The summed E-state index contributed by atoms with van der Waals surface area (Å²) in [6.45, 7) is 5.10. The third-order valence-corrected chi connectivity index (χ3v) is 6.89. The Morgan fingerprint density at radius 1 is 1.30 bits per heavy atom. The van der Waals surface area contributed by atoms with E-state index >= 15 is 0 Å². The summed E-state index contributed by atoms with van der Waals surface area (Å²) in [5.74, 6) is 1.00. The summed E-state index contributed by atoms with van der Waals surface area (Å²) in [7, 11) is 2.02. The van der Waals surface area contributed by atoms with Crippen LogP contribution in [-0.2, 0) is 6.54 Å². The number of rotatable bonds is 2. The summed E-state index contributed by atoms with van der Waals surface area (Å²) in [4.78, 5) is 20.6. The average molecular weight is 386 g/mol. The van der Waals surface area contributed by atoms with Crippen molar-refractivity contribution in [3.05, 3.63) is 45.4 Å². The van der Waals surface area contributed by atoms with Crippen LogP contribution in [0.4, 0.5) is 0 Å². The van der Waals surface area contributed by atoms with Crippen LogP contribution in [0.1, 0.15) is 51.6 Å². The van der Waals surface area contributed by atoms with E-state index in [-0.39, 0.29) is 11.5 Å². The Morgan fingerprint density at radius 2 is 2.04 bits per heavy atom. The van der Waals surface area contributed by atoms with Crippen molar-refractivity contribution < 1.29 is 9.53 Å². The number of carbonyl (C=O) groups excluding carboxylic acids is 1. The number of ether oxygens (including phenoxy) is 1. The molecule has 0 bridgehead atoms. The van der Waals surface area contributed by atoms with Crippen molar-refractivity contribution in [2.75, 3.05) is 13.6 Å². The second-order valence-corrected chi connectivity index (χ2v) is 8.97.